The molecular weight excluding hydrogens is 382 g/mol. The van der Waals surface area contributed by atoms with E-state index in [-0.39, 0.29) is 22.5 Å². The normalized spacial score (nSPS) is 14.3. The summed E-state index contributed by atoms with van der Waals surface area (Å²) in [6.45, 7) is 2.25. The molecule has 2 heterocycles. The van der Waals surface area contributed by atoms with Crippen LogP contribution in [0.4, 0.5) is 4.39 Å². The minimum absolute atomic E-state index is 0.0136. The van der Waals surface area contributed by atoms with E-state index < -0.39 is 17.3 Å². The van der Waals surface area contributed by atoms with E-state index in [2.05, 4.69) is 4.98 Å². The molecule has 1 aliphatic heterocycles. The van der Waals surface area contributed by atoms with Crippen LogP contribution in [0.25, 0.3) is 5.57 Å². The molecule has 1 aliphatic rings. The molecule has 8 heteroatoms. The molecule has 136 valence electrons. The number of carbonyl (C=O) groups is 1. The van der Waals surface area contributed by atoms with Crippen molar-refractivity contribution in [2.75, 3.05) is 6.54 Å². The molecule has 0 atom stereocenters. The zero-order chi connectivity index (χ0) is 19.0. The van der Waals surface area contributed by atoms with E-state index in [1.165, 1.54) is 18.2 Å². The van der Waals surface area contributed by atoms with Crippen LogP contribution in [0.3, 0.4) is 0 Å². The zero-order valence-electron chi connectivity index (χ0n) is 13.8. The number of amides is 1. The molecule has 3 rings (SSSR count). The van der Waals surface area contributed by atoms with Crippen LogP contribution in [-0.4, -0.2) is 32.5 Å². The van der Waals surface area contributed by atoms with Crippen LogP contribution in [0.15, 0.2) is 24.4 Å². The van der Waals surface area contributed by atoms with Crippen LogP contribution in [-0.2, 0) is 17.8 Å². The van der Waals surface area contributed by atoms with Crippen LogP contribution in [0.1, 0.15) is 23.7 Å². The van der Waals surface area contributed by atoms with Gasteiger partial charge in [-0.3, -0.25) is 9.78 Å². The largest absolute Gasteiger partial charge is 0.503 e. The Morgan fingerprint density at radius 3 is 2.50 bits per heavy atom. The summed E-state index contributed by atoms with van der Waals surface area (Å²) < 4.78 is 13.0. The van der Waals surface area contributed by atoms with Gasteiger partial charge in [0.25, 0.3) is 0 Å². The van der Waals surface area contributed by atoms with Gasteiger partial charge in [0.15, 0.2) is 11.5 Å². The minimum atomic E-state index is -0.494. The van der Waals surface area contributed by atoms with E-state index in [4.69, 9.17) is 23.2 Å². The van der Waals surface area contributed by atoms with Crippen molar-refractivity contribution in [3.05, 3.63) is 57.1 Å². The zero-order valence-corrected chi connectivity index (χ0v) is 15.3. The lowest BCUT2D eigenvalue weighted by molar-refractivity contribution is -0.126. The molecule has 0 bridgehead atoms. The fraction of sp³-hybridized carbons (Fsp3) is 0.222. The first-order valence-electron chi connectivity index (χ1n) is 7.79. The maximum absolute atomic E-state index is 13.0. The first kappa shape index (κ1) is 18.5. The summed E-state index contributed by atoms with van der Waals surface area (Å²) in [5.74, 6) is -1.66. The molecule has 1 aromatic carbocycles. The van der Waals surface area contributed by atoms with Crippen molar-refractivity contribution in [1.29, 1.82) is 0 Å². The van der Waals surface area contributed by atoms with Gasteiger partial charge in [-0.2, -0.15) is 0 Å². The summed E-state index contributed by atoms with van der Waals surface area (Å²) >= 11 is 12.2. The van der Waals surface area contributed by atoms with Crippen molar-refractivity contribution in [1.82, 2.24) is 9.88 Å². The van der Waals surface area contributed by atoms with Gasteiger partial charge in [-0.05, 0) is 42.2 Å². The standard InChI is InChI=1S/C18H15Cl2FN2O3/c1-9(13-3-2-10(21)7-22-13)6-14(24)23-5-4-11-12(8-23)16(20)18(26)17(25)15(11)19/h2-3,6-7,25-26H,4-5,8H2,1H3. The predicted octanol–water partition coefficient (Wildman–Crippen LogP) is 3.93. The Balaban J connectivity index is 1.85. The number of phenols is 2. The molecule has 0 radical (unpaired) electrons. The first-order chi connectivity index (χ1) is 12.3. The molecule has 0 fully saturated rings. The van der Waals surface area contributed by atoms with Crippen molar-refractivity contribution in [2.24, 2.45) is 0 Å². The van der Waals surface area contributed by atoms with Crippen LogP contribution in [0, 0.1) is 5.82 Å². The number of rotatable bonds is 2. The smallest absolute Gasteiger partial charge is 0.247 e. The maximum atomic E-state index is 13.0. The first-order valence-corrected chi connectivity index (χ1v) is 8.55. The number of phenolic OH excluding ortho intramolecular Hbond substituents is 2. The van der Waals surface area contributed by atoms with Gasteiger partial charge in [-0.1, -0.05) is 23.2 Å². The van der Waals surface area contributed by atoms with Gasteiger partial charge in [0, 0.05) is 19.2 Å². The van der Waals surface area contributed by atoms with Crippen LogP contribution >= 0.6 is 23.2 Å². The number of hydrogen-bond acceptors (Lipinski definition) is 4. The van der Waals surface area contributed by atoms with Crippen LogP contribution in [0.5, 0.6) is 11.5 Å². The molecule has 0 unspecified atom stereocenters. The highest BCUT2D eigenvalue weighted by atomic mass is 35.5. The second-order valence-electron chi connectivity index (χ2n) is 5.98. The van der Waals surface area contributed by atoms with Gasteiger partial charge >= 0.3 is 0 Å². The number of pyridine rings is 1. The van der Waals surface area contributed by atoms with Gasteiger partial charge in [0.05, 0.1) is 21.9 Å². The Bertz CT molecular complexity index is 914. The summed E-state index contributed by atoms with van der Waals surface area (Å²) in [6.07, 6.45) is 2.90. The Hall–Kier alpha value is -2.31. The highest BCUT2D eigenvalue weighted by Gasteiger charge is 2.28. The van der Waals surface area contributed by atoms with Gasteiger partial charge < -0.3 is 15.1 Å². The number of aromatic nitrogens is 1. The topological polar surface area (TPSA) is 73.7 Å². The lowest BCUT2D eigenvalue weighted by Gasteiger charge is -2.30. The number of aromatic hydroxyl groups is 2. The number of nitrogens with zero attached hydrogens (tertiary/aromatic N) is 2. The SMILES string of the molecule is CC(=CC(=O)N1CCc2c(Cl)c(O)c(O)c(Cl)c2C1)c1ccc(F)cn1. The van der Waals surface area contributed by atoms with E-state index in [9.17, 15) is 19.4 Å². The summed E-state index contributed by atoms with van der Waals surface area (Å²) in [4.78, 5) is 18.1. The Kier molecular flexibility index (Phi) is 5.07. The fourth-order valence-electron chi connectivity index (χ4n) is 2.85. The van der Waals surface area contributed by atoms with Gasteiger partial charge in [-0.25, -0.2) is 4.39 Å². The Labute approximate surface area is 159 Å². The van der Waals surface area contributed by atoms with Gasteiger partial charge in [-0.15, -0.1) is 0 Å². The number of fused-ring (bicyclic) bond motifs is 1. The third kappa shape index (κ3) is 3.34. The minimum Gasteiger partial charge on any atom is -0.503 e. The second kappa shape index (κ2) is 7.13. The molecule has 2 N–H and O–H groups in total. The average molecular weight is 397 g/mol. The number of halogens is 3. The third-order valence-corrected chi connectivity index (χ3v) is 5.11. The molecule has 1 aromatic heterocycles. The van der Waals surface area contributed by atoms with Crippen molar-refractivity contribution >= 4 is 34.7 Å². The lowest BCUT2D eigenvalue weighted by Crippen LogP contribution is -2.35. The summed E-state index contributed by atoms with van der Waals surface area (Å²) in [5, 5.41) is 19.7. The predicted molar refractivity (Wildman–Crippen MR) is 96.8 cm³/mol. The molecule has 26 heavy (non-hydrogen) atoms. The second-order valence-corrected chi connectivity index (χ2v) is 6.74. The van der Waals surface area contributed by atoms with Crippen molar-refractivity contribution in [2.45, 2.75) is 19.9 Å². The third-order valence-electron chi connectivity index (χ3n) is 4.30. The van der Waals surface area contributed by atoms with Crippen LogP contribution < -0.4 is 0 Å². The lowest BCUT2D eigenvalue weighted by atomic mass is 9.98. The number of hydrogen-bond donors (Lipinski definition) is 2. The van der Waals surface area contributed by atoms with Crippen molar-refractivity contribution < 1.29 is 19.4 Å². The molecule has 2 aromatic rings. The van der Waals surface area contributed by atoms with E-state index in [0.29, 0.717) is 35.4 Å². The Morgan fingerprint density at radius 1 is 1.23 bits per heavy atom. The monoisotopic (exact) mass is 396 g/mol. The average Bonchev–Trinajstić information content (AvgIpc) is 2.64. The van der Waals surface area contributed by atoms with E-state index in [1.54, 1.807) is 11.8 Å². The number of benzene rings is 1. The highest BCUT2D eigenvalue weighted by Crippen LogP contribution is 2.46. The van der Waals surface area contributed by atoms with Gasteiger partial charge in [0.1, 0.15) is 5.82 Å². The van der Waals surface area contributed by atoms with Gasteiger partial charge in [0.2, 0.25) is 5.91 Å². The number of carbonyl (C=O) groups excluding carboxylic acids is 1. The molecule has 5 nitrogen and oxygen atoms in total. The van der Waals surface area contributed by atoms with E-state index in [1.807, 2.05) is 0 Å². The quantitative estimate of drug-likeness (QED) is 0.595. The van der Waals surface area contributed by atoms with Crippen LogP contribution in [0.2, 0.25) is 10.0 Å². The summed E-state index contributed by atoms with van der Waals surface area (Å²) in [6, 6.07) is 2.77. The molecule has 1 amide bonds. The van der Waals surface area contributed by atoms with E-state index in [0.717, 1.165) is 6.20 Å². The fourth-order valence-corrected chi connectivity index (χ4v) is 3.41. The number of allylic oxidation sites excluding steroid dienone is 1. The summed E-state index contributed by atoms with van der Waals surface area (Å²) in [5.41, 5.74) is 2.23. The maximum Gasteiger partial charge on any atom is 0.247 e. The Morgan fingerprint density at radius 2 is 1.88 bits per heavy atom. The molecule has 0 aliphatic carbocycles. The van der Waals surface area contributed by atoms with Crippen molar-refractivity contribution in [3.8, 4) is 11.5 Å². The molecule has 0 saturated carbocycles. The van der Waals surface area contributed by atoms with E-state index >= 15 is 0 Å². The molecule has 0 spiro atoms. The molecular formula is C18H15Cl2FN2O3. The highest BCUT2D eigenvalue weighted by molar-refractivity contribution is 6.36. The van der Waals surface area contributed by atoms with Crippen molar-refractivity contribution in [3.63, 3.8) is 0 Å². The molecule has 0 saturated heterocycles. The summed E-state index contributed by atoms with van der Waals surface area (Å²) in [7, 11) is 0.